The van der Waals surface area contributed by atoms with Gasteiger partial charge in [-0.1, -0.05) is 42.5 Å². The van der Waals surface area contributed by atoms with Crippen molar-refractivity contribution in [2.45, 2.75) is 13.8 Å². The van der Waals surface area contributed by atoms with E-state index in [1.54, 1.807) is 0 Å². The number of anilines is 2. The van der Waals surface area contributed by atoms with Crippen LogP contribution in [-0.2, 0) is 9.59 Å². The lowest BCUT2D eigenvalue weighted by Gasteiger charge is -2.04. The van der Waals surface area contributed by atoms with Gasteiger partial charge in [-0.05, 0) is 42.5 Å². The van der Waals surface area contributed by atoms with E-state index < -0.39 is 0 Å². The van der Waals surface area contributed by atoms with Crippen molar-refractivity contribution in [3.8, 4) is 45.0 Å². The molecule has 2 amide bonds. The third-order valence-electron chi connectivity index (χ3n) is 5.60. The van der Waals surface area contributed by atoms with E-state index >= 15 is 0 Å². The van der Waals surface area contributed by atoms with Crippen LogP contribution in [0.3, 0.4) is 0 Å². The quantitative estimate of drug-likeness (QED) is 0.251. The third kappa shape index (κ3) is 5.07. The summed E-state index contributed by atoms with van der Waals surface area (Å²) in [6, 6.07) is 27.2. The minimum Gasteiger partial charge on any atom is -0.326 e. The van der Waals surface area contributed by atoms with Crippen LogP contribution >= 0.6 is 0 Å². The van der Waals surface area contributed by atoms with Crippen molar-refractivity contribution in [1.29, 1.82) is 0 Å². The van der Waals surface area contributed by atoms with Crippen molar-refractivity contribution >= 4 is 23.2 Å². The lowest BCUT2D eigenvalue weighted by atomic mass is 10.0. The highest BCUT2D eigenvalue weighted by Crippen LogP contribution is 2.30. The van der Waals surface area contributed by atoms with Gasteiger partial charge in [0.05, 0.1) is 22.8 Å². The third-order valence-corrected chi connectivity index (χ3v) is 5.60. The average molecular weight is 477 g/mol. The Morgan fingerprint density at radius 2 is 1.00 bits per heavy atom. The lowest BCUT2D eigenvalue weighted by molar-refractivity contribution is -0.115. The van der Waals surface area contributed by atoms with E-state index in [2.05, 4.69) is 31.0 Å². The Morgan fingerprint density at radius 1 is 0.583 bits per heavy atom. The molecule has 8 nitrogen and oxygen atoms in total. The van der Waals surface area contributed by atoms with Crippen LogP contribution in [0.4, 0.5) is 11.4 Å². The molecular formula is C28H24N6O2. The molecule has 0 radical (unpaired) electrons. The molecule has 0 unspecified atom stereocenters. The first kappa shape index (κ1) is 22.8. The second-order valence-corrected chi connectivity index (χ2v) is 8.44. The summed E-state index contributed by atoms with van der Waals surface area (Å²) in [6.07, 6.45) is 0. The monoisotopic (exact) mass is 476 g/mol. The van der Waals surface area contributed by atoms with E-state index in [1.807, 2.05) is 84.9 Å². The van der Waals surface area contributed by atoms with Gasteiger partial charge in [0, 0.05) is 47.5 Å². The molecule has 3 aromatic carbocycles. The van der Waals surface area contributed by atoms with Gasteiger partial charge in [0.2, 0.25) is 11.8 Å². The summed E-state index contributed by atoms with van der Waals surface area (Å²) in [5.74, 6) is -0.229. The van der Waals surface area contributed by atoms with Gasteiger partial charge < -0.3 is 10.6 Å². The van der Waals surface area contributed by atoms with Crippen LogP contribution in [0, 0.1) is 0 Å². The normalized spacial score (nSPS) is 10.7. The topological polar surface area (TPSA) is 116 Å². The molecular weight excluding hydrogens is 452 g/mol. The highest BCUT2D eigenvalue weighted by atomic mass is 16.2. The fourth-order valence-electron chi connectivity index (χ4n) is 4.01. The number of rotatable bonds is 6. The predicted molar refractivity (Wildman–Crippen MR) is 141 cm³/mol. The van der Waals surface area contributed by atoms with Gasteiger partial charge in [-0.2, -0.15) is 10.2 Å². The van der Waals surface area contributed by atoms with E-state index in [0.717, 1.165) is 56.4 Å². The number of carbonyl (C=O) groups is 2. The first-order chi connectivity index (χ1) is 17.4. The van der Waals surface area contributed by atoms with Crippen LogP contribution in [0.2, 0.25) is 0 Å². The van der Waals surface area contributed by atoms with E-state index in [4.69, 9.17) is 0 Å². The standard InChI is InChI=1S/C28H24N6O2/c1-17(35)29-23-10-4-8-21(13-23)27-15-25(31-33-27)19-6-3-7-20(12-19)26-16-28(34-32-26)22-9-5-11-24(14-22)30-18(2)36/h3-16H,1-2H3,(H,29,35)(H,30,36)(H,31,33)(H,32,34). The smallest absolute Gasteiger partial charge is 0.221 e. The second kappa shape index (κ2) is 9.71. The molecule has 5 aromatic rings. The van der Waals surface area contributed by atoms with Crippen molar-refractivity contribution in [3.05, 3.63) is 84.9 Å². The van der Waals surface area contributed by atoms with Crippen molar-refractivity contribution < 1.29 is 9.59 Å². The Labute approximate surface area is 207 Å². The summed E-state index contributed by atoms with van der Waals surface area (Å²) < 4.78 is 0. The number of aromatic amines is 2. The van der Waals surface area contributed by atoms with Crippen LogP contribution < -0.4 is 10.6 Å². The molecule has 4 N–H and O–H groups in total. The summed E-state index contributed by atoms with van der Waals surface area (Å²) in [4.78, 5) is 22.8. The molecule has 0 bridgehead atoms. The molecule has 0 fully saturated rings. The van der Waals surface area contributed by atoms with Gasteiger partial charge in [0.15, 0.2) is 0 Å². The molecule has 8 heteroatoms. The van der Waals surface area contributed by atoms with Crippen LogP contribution in [0.15, 0.2) is 84.9 Å². The molecule has 0 aliphatic carbocycles. The van der Waals surface area contributed by atoms with Crippen LogP contribution in [0.1, 0.15) is 13.8 Å². The van der Waals surface area contributed by atoms with Gasteiger partial charge in [-0.25, -0.2) is 0 Å². The van der Waals surface area contributed by atoms with E-state index in [0.29, 0.717) is 0 Å². The maximum absolute atomic E-state index is 11.4. The van der Waals surface area contributed by atoms with Crippen molar-refractivity contribution in [1.82, 2.24) is 20.4 Å². The molecule has 2 heterocycles. The zero-order chi connectivity index (χ0) is 25.1. The number of carbonyl (C=O) groups excluding carboxylic acids is 2. The van der Waals surface area contributed by atoms with Gasteiger partial charge in [-0.3, -0.25) is 19.8 Å². The number of benzene rings is 3. The zero-order valence-electron chi connectivity index (χ0n) is 19.8. The van der Waals surface area contributed by atoms with Gasteiger partial charge in [0.25, 0.3) is 0 Å². The number of nitrogens with zero attached hydrogens (tertiary/aromatic N) is 2. The number of aromatic nitrogens is 4. The van der Waals surface area contributed by atoms with Crippen LogP contribution in [-0.4, -0.2) is 32.2 Å². The average Bonchev–Trinajstić information content (AvgIpc) is 3.55. The Kier molecular flexibility index (Phi) is 6.15. The maximum Gasteiger partial charge on any atom is 0.221 e. The van der Waals surface area contributed by atoms with Gasteiger partial charge in [0.1, 0.15) is 0 Å². The van der Waals surface area contributed by atoms with Crippen molar-refractivity contribution in [2.24, 2.45) is 0 Å². The van der Waals surface area contributed by atoms with Gasteiger partial charge >= 0.3 is 0 Å². The predicted octanol–water partition coefficient (Wildman–Crippen LogP) is 5.72. The molecule has 178 valence electrons. The summed E-state index contributed by atoms with van der Waals surface area (Å²) in [5.41, 5.74) is 8.52. The highest BCUT2D eigenvalue weighted by Gasteiger charge is 2.11. The first-order valence-electron chi connectivity index (χ1n) is 11.4. The molecule has 0 aliphatic heterocycles. The summed E-state index contributed by atoms with van der Waals surface area (Å²) >= 11 is 0. The molecule has 0 aliphatic rings. The summed E-state index contributed by atoms with van der Waals surface area (Å²) in [5, 5.41) is 20.8. The van der Waals surface area contributed by atoms with Crippen molar-refractivity contribution in [2.75, 3.05) is 10.6 Å². The van der Waals surface area contributed by atoms with Gasteiger partial charge in [-0.15, -0.1) is 0 Å². The molecule has 0 saturated carbocycles. The fraction of sp³-hybridized carbons (Fsp3) is 0.0714. The molecule has 0 spiro atoms. The molecule has 0 saturated heterocycles. The minimum atomic E-state index is -0.115. The molecule has 5 rings (SSSR count). The fourth-order valence-corrected chi connectivity index (χ4v) is 4.01. The summed E-state index contributed by atoms with van der Waals surface area (Å²) in [6.45, 7) is 2.97. The molecule has 2 aromatic heterocycles. The molecule has 36 heavy (non-hydrogen) atoms. The van der Waals surface area contributed by atoms with Crippen molar-refractivity contribution in [3.63, 3.8) is 0 Å². The second-order valence-electron chi connectivity index (χ2n) is 8.44. The van der Waals surface area contributed by atoms with Crippen LogP contribution in [0.25, 0.3) is 45.0 Å². The van der Waals surface area contributed by atoms with E-state index in [9.17, 15) is 9.59 Å². The Bertz CT molecular complexity index is 1450. The first-order valence-corrected chi connectivity index (χ1v) is 11.4. The Balaban J connectivity index is 1.39. The largest absolute Gasteiger partial charge is 0.326 e. The number of nitrogens with one attached hydrogen (secondary N) is 4. The number of H-pyrrole nitrogens is 2. The lowest BCUT2D eigenvalue weighted by Crippen LogP contribution is -2.05. The Hall–Kier alpha value is -4.98. The number of hydrogen-bond donors (Lipinski definition) is 4. The minimum absolute atomic E-state index is 0.115. The van der Waals surface area contributed by atoms with E-state index in [-0.39, 0.29) is 11.8 Å². The maximum atomic E-state index is 11.4. The number of hydrogen-bond acceptors (Lipinski definition) is 4. The van der Waals surface area contributed by atoms with Crippen LogP contribution in [0.5, 0.6) is 0 Å². The van der Waals surface area contributed by atoms with E-state index in [1.165, 1.54) is 13.8 Å². The zero-order valence-corrected chi connectivity index (χ0v) is 19.8. The summed E-state index contributed by atoms with van der Waals surface area (Å²) in [7, 11) is 0. The number of amides is 2. The highest BCUT2D eigenvalue weighted by molar-refractivity contribution is 5.90. The Morgan fingerprint density at radius 3 is 1.44 bits per heavy atom. The SMILES string of the molecule is CC(=O)Nc1cccc(-c2cc(-c3cccc(-c4cc(-c5cccc(NC(C)=O)c5)[nH]n4)c3)n[nH]2)c1. The molecule has 0 atom stereocenters.